The highest BCUT2D eigenvalue weighted by molar-refractivity contribution is 9.10. The van der Waals surface area contributed by atoms with Crippen LogP contribution < -0.4 is 9.62 Å². The predicted molar refractivity (Wildman–Crippen MR) is 140 cm³/mol. The van der Waals surface area contributed by atoms with Crippen molar-refractivity contribution in [3.63, 3.8) is 0 Å². The Kier molecular flexibility index (Phi) is 10.1. The molecule has 0 radical (unpaired) electrons. The lowest BCUT2D eigenvalue weighted by atomic mass is 10.1. The number of carbonyl (C=O) groups excluding carboxylic acids is 2. The van der Waals surface area contributed by atoms with Gasteiger partial charge in [0.1, 0.15) is 6.04 Å². The molecule has 186 valence electrons. The molecule has 9 heteroatoms. The van der Waals surface area contributed by atoms with Crippen LogP contribution in [0.1, 0.15) is 44.7 Å². The average Bonchev–Trinajstić information content (AvgIpc) is 2.74. The minimum absolute atomic E-state index is 0.0442. The SMILES string of the molecule is Cc1cccc(N(CCCC(=O)N(Cc2ccc(Br)cc2)[C@H](C)C(=O)NC(C)C)S(C)(=O)=O)c1. The molecule has 0 fully saturated rings. The summed E-state index contributed by atoms with van der Waals surface area (Å²) in [5, 5.41) is 2.87. The van der Waals surface area contributed by atoms with Crippen LogP contribution in [0.4, 0.5) is 5.69 Å². The van der Waals surface area contributed by atoms with Gasteiger partial charge in [0, 0.05) is 30.0 Å². The van der Waals surface area contributed by atoms with Crippen LogP contribution in [0.5, 0.6) is 0 Å². The molecular weight excluding hydrogens is 518 g/mol. The van der Waals surface area contributed by atoms with Gasteiger partial charge in [-0.3, -0.25) is 13.9 Å². The molecule has 0 bridgehead atoms. The van der Waals surface area contributed by atoms with Crippen LogP contribution in [0.3, 0.4) is 0 Å². The first-order valence-corrected chi connectivity index (χ1v) is 13.9. The number of benzene rings is 2. The van der Waals surface area contributed by atoms with Crippen LogP contribution in [0.15, 0.2) is 53.0 Å². The number of rotatable bonds is 11. The zero-order chi connectivity index (χ0) is 25.5. The van der Waals surface area contributed by atoms with E-state index in [4.69, 9.17) is 0 Å². The quantitative estimate of drug-likeness (QED) is 0.452. The van der Waals surface area contributed by atoms with Gasteiger partial charge in [0.2, 0.25) is 21.8 Å². The van der Waals surface area contributed by atoms with Crippen molar-refractivity contribution in [1.29, 1.82) is 0 Å². The van der Waals surface area contributed by atoms with Crippen molar-refractivity contribution in [2.24, 2.45) is 0 Å². The molecule has 1 N–H and O–H groups in total. The highest BCUT2D eigenvalue weighted by atomic mass is 79.9. The fourth-order valence-corrected chi connectivity index (χ4v) is 4.78. The lowest BCUT2D eigenvalue weighted by molar-refractivity contribution is -0.140. The van der Waals surface area contributed by atoms with E-state index in [0.29, 0.717) is 12.1 Å². The van der Waals surface area contributed by atoms with Gasteiger partial charge < -0.3 is 10.2 Å². The number of nitrogens with zero attached hydrogens (tertiary/aromatic N) is 2. The molecule has 2 aromatic rings. The van der Waals surface area contributed by atoms with Crippen molar-refractivity contribution in [1.82, 2.24) is 10.2 Å². The van der Waals surface area contributed by atoms with Crippen molar-refractivity contribution in [3.05, 3.63) is 64.1 Å². The average molecular weight is 553 g/mol. The molecule has 0 saturated heterocycles. The van der Waals surface area contributed by atoms with Crippen molar-refractivity contribution in [2.45, 2.75) is 59.2 Å². The van der Waals surface area contributed by atoms with Crippen molar-refractivity contribution >= 4 is 43.5 Å². The van der Waals surface area contributed by atoms with E-state index in [1.165, 1.54) is 4.31 Å². The summed E-state index contributed by atoms with van der Waals surface area (Å²) in [7, 11) is -3.51. The fourth-order valence-electron chi connectivity index (χ4n) is 3.56. The van der Waals surface area contributed by atoms with E-state index < -0.39 is 16.1 Å². The first-order valence-electron chi connectivity index (χ1n) is 11.3. The van der Waals surface area contributed by atoms with Crippen LogP contribution >= 0.6 is 15.9 Å². The lowest BCUT2D eigenvalue weighted by Gasteiger charge is -2.30. The topological polar surface area (TPSA) is 86.8 Å². The summed E-state index contributed by atoms with van der Waals surface area (Å²) in [5.74, 6) is -0.426. The Morgan fingerprint density at radius 2 is 1.71 bits per heavy atom. The van der Waals surface area contributed by atoms with Gasteiger partial charge in [-0.25, -0.2) is 8.42 Å². The summed E-state index contributed by atoms with van der Waals surface area (Å²) in [6.07, 6.45) is 1.61. The van der Waals surface area contributed by atoms with Crippen molar-refractivity contribution in [3.8, 4) is 0 Å². The molecule has 0 heterocycles. The molecule has 0 aliphatic heterocycles. The normalized spacial score (nSPS) is 12.3. The number of amides is 2. The highest BCUT2D eigenvalue weighted by Crippen LogP contribution is 2.20. The Morgan fingerprint density at radius 1 is 1.06 bits per heavy atom. The first-order chi connectivity index (χ1) is 15.9. The summed E-state index contributed by atoms with van der Waals surface area (Å²) < 4.78 is 27.0. The highest BCUT2D eigenvalue weighted by Gasteiger charge is 2.27. The molecule has 2 amide bonds. The number of nitrogens with one attached hydrogen (secondary N) is 1. The molecular formula is C25H34BrN3O4S. The first kappa shape index (κ1) is 27.9. The van der Waals surface area contributed by atoms with Gasteiger partial charge in [-0.05, 0) is 69.5 Å². The Bertz CT molecular complexity index is 1090. The van der Waals surface area contributed by atoms with Gasteiger partial charge in [0.25, 0.3) is 0 Å². The maximum absolute atomic E-state index is 13.2. The summed E-state index contributed by atoms with van der Waals surface area (Å²) >= 11 is 3.41. The second-order valence-electron chi connectivity index (χ2n) is 8.77. The number of aryl methyl sites for hydroxylation is 1. The van der Waals surface area contributed by atoms with Crippen LogP contribution in [0.2, 0.25) is 0 Å². The molecule has 2 aromatic carbocycles. The Morgan fingerprint density at radius 3 is 2.26 bits per heavy atom. The van der Waals surface area contributed by atoms with E-state index in [1.54, 1.807) is 24.0 Å². The Labute approximate surface area is 211 Å². The zero-order valence-electron chi connectivity index (χ0n) is 20.4. The predicted octanol–water partition coefficient (Wildman–Crippen LogP) is 4.25. The summed E-state index contributed by atoms with van der Waals surface area (Å²) in [5.41, 5.74) is 2.43. The second kappa shape index (κ2) is 12.4. The van der Waals surface area contributed by atoms with Gasteiger partial charge in [-0.1, -0.05) is 40.2 Å². The van der Waals surface area contributed by atoms with Crippen LogP contribution in [-0.2, 0) is 26.2 Å². The maximum atomic E-state index is 13.2. The standard InChI is InChI=1S/C25H34BrN3O4S/c1-18(2)27-25(31)20(4)28(17-21-11-13-22(26)14-12-21)24(30)10-7-15-29(34(5,32)33)23-9-6-8-19(3)16-23/h6,8-9,11-14,16,18,20H,7,10,15,17H2,1-5H3,(H,27,31)/t20-/m1/s1. The van der Waals surface area contributed by atoms with E-state index in [-0.39, 0.29) is 37.4 Å². The van der Waals surface area contributed by atoms with Gasteiger partial charge >= 0.3 is 0 Å². The summed E-state index contributed by atoms with van der Waals surface area (Å²) in [4.78, 5) is 27.5. The van der Waals surface area contributed by atoms with Crippen molar-refractivity contribution < 1.29 is 18.0 Å². The fraction of sp³-hybridized carbons (Fsp3) is 0.440. The molecule has 0 aromatic heterocycles. The number of halogens is 1. The third-order valence-corrected chi connectivity index (χ3v) is 7.03. The molecule has 1 atom stereocenters. The van der Waals surface area contributed by atoms with Gasteiger partial charge in [0.15, 0.2) is 0 Å². The van der Waals surface area contributed by atoms with Crippen LogP contribution in [0.25, 0.3) is 0 Å². The third-order valence-electron chi connectivity index (χ3n) is 5.31. The summed E-state index contributed by atoms with van der Waals surface area (Å²) in [6.45, 7) is 7.81. The number of hydrogen-bond acceptors (Lipinski definition) is 4. The monoisotopic (exact) mass is 551 g/mol. The number of hydrogen-bond donors (Lipinski definition) is 1. The van der Waals surface area contributed by atoms with Gasteiger partial charge in [-0.15, -0.1) is 0 Å². The van der Waals surface area contributed by atoms with Crippen molar-refractivity contribution in [2.75, 3.05) is 17.1 Å². The molecule has 0 aliphatic rings. The van der Waals surface area contributed by atoms with E-state index in [0.717, 1.165) is 21.9 Å². The van der Waals surface area contributed by atoms with E-state index >= 15 is 0 Å². The second-order valence-corrected chi connectivity index (χ2v) is 11.6. The third kappa shape index (κ3) is 8.43. The Hall–Kier alpha value is -2.39. The summed E-state index contributed by atoms with van der Waals surface area (Å²) in [6, 6.07) is 14.1. The minimum atomic E-state index is -3.51. The smallest absolute Gasteiger partial charge is 0.242 e. The van der Waals surface area contributed by atoms with Crippen LogP contribution in [-0.4, -0.2) is 50.0 Å². The van der Waals surface area contributed by atoms with Crippen LogP contribution in [0, 0.1) is 6.92 Å². The van der Waals surface area contributed by atoms with Gasteiger partial charge in [0.05, 0.1) is 11.9 Å². The zero-order valence-corrected chi connectivity index (χ0v) is 22.8. The number of carbonyl (C=O) groups is 2. The molecule has 0 aliphatic carbocycles. The minimum Gasteiger partial charge on any atom is -0.352 e. The van der Waals surface area contributed by atoms with E-state index in [1.807, 2.05) is 57.2 Å². The molecule has 2 rings (SSSR count). The molecule has 0 spiro atoms. The largest absolute Gasteiger partial charge is 0.352 e. The molecule has 0 unspecified atom stereocenters. The lowest BCUT2D eigenvalue weighted by Crippen LogP contribution is -2.49. The molecule has 7 nitrogen and oxygen atoms in total. The van der Waals surface area contributed by atoms with E-state index in [9.17, 15) is 18.0 Å². The number of sulfonamides is 1. The molecule has 34 heavy (non-hydrogen) atoms. The van der Waals surface area contributed by atoms with Gasteiger partial charge in [-0.2, -0.15) is 0 Å². The number of anilines is 1. The maximum Gasteiger partial charge on any atom is 0.242 e. The van der Waals surface area contributed by atoms with E-state index in [2.05, 4.69) is 21.2 Å². The molecule has 0 saturated carbocycles. The Balaban J connectivity index is 2.16.